The summed E-state index contributed by atoms with van der Waals surface area (Å²) in [5.74, 6) is 4.06. The molecule has 0 bridgehead atoms. The Labute approximate surface area is 376 Å². The number of hydrogen-bond donors (Lipinski definition) is 0. The van der Waals surface area contributed by atoms with Crippen molar-refractivity contribution in [3.8, 4) is 51.5 Å². The van der Waals surface area contributed by atoms with E-state index in [4.69, 9.17) is 19.4 Å². The minimum atomic E-state index is 0. The molecule has 8 aromatic rings. The van der Waals surface area contributed by atoms with Gasteiger partial charge in [0.05, 0.1) is 0 Å². The van der Waals surface area contributed by atoms with Crippen molar-refractivity contribution >= 4 is 21.8 Å². The number of pyridine rings is 2. The molecule has 4 heterocycles. The maximum absolute atomic E-state index is 6.57. The summed E-state index contributed by atoms with van der Waals surface area (Å²) in [6.45, 7) is 17.4. The number of fused-ring (bicyclic) bond motifs is 3. The van der Waals surface area contributed by atoms with Crippen molar-refractivity contribution in [2.45, 2.75) is 79.1 Å². The molecule has 0 N–H and O–H groups in total. The normalized spacial score (nSPS) is 11.4. The van der Waals surface area contributed by atoms with E-state index in [1.54, 1.807) is 18.5 Å². The molecule has 0 saturated heterocycles. The fourth-order valence-corrected chi connectivity index (χ4v) is 6.88. The van der Waals surface area contributed by atoms with Crippen LogP contribution in [-0.4, -0.2) is 24.5 Å². The summed E-state index contributed by atoms with van der Waals surface area (Å²) in [5.41, 5.74) is 9.72. The summed E-state index contributed by atoms with van der Waals surface area (Å²) in [6, 6.07) is 40.6. The van der Waals surface area contributed by atoms with Gasteiger partial charge in [-0.2, -0.15) is 22.9 Å². The first-order valence-corrected chi connectivity index (χ1v) is 19.6. The van der Waals surface area contributed by atoms with E-state index < -0.39 is 0 Å². The van der Waals surface area contributed by atoms with Gasteiger partial charge in [0.2, 0.25) is 5.95 Å². The van der Waals surface area contributed by atoms with Crippen molar-refractivity contribution in [2.75, 3.05) is 0 Å². The van der Waals surface area contributed by atoms with Gasteiger partial charge >= 0.3 is 42.1 Å². The van der Waals surface area contributed by atoms with Crippen LogP contribution in [0.3, 0.4) is 0 Å². The van der Waals surface area contributed by atoms with Gasteiger partial charge in [0, 0.05) is 47.8 Å². The second-order valence-electron chi connectivity index (χ2n) is 15.7. The van der Waals surface area contributed by atoms with Gasteiger partial charge in [-0.25, -0.2) is 9.97 Å². The van der Waals surface area contributed by atoms with Crippen LogP contribution in [0.4, 0.5) is 0 Å². The van der Waals surface area contributed by atoms with Crippen LogP contribution in [0.25, 0.3) is 50.3 Å². The van der Waals surface area contributed by atoms with Gasteiger partial charge in [-0.3, -0.25) is 0 Å². The van der Waals surface area contributed by atoms with Crippen molar-refractivity contribution in [3.63, 3.8) is 0 Å². The van der Waals surface area contributed by atoms with E-state index >= 15 is 0 Å². The summed E-state index contributed by atoms with van der Waals surface area (Å²) >= 11 is 0. The van der Waals surface area contributed by atoms with Crippen molar-refractivity contribution < 1.29 is 51.6 Å². The number of benzene rings is 4. The van der Waals surface area contributed by atoms with Gasteiger partial charge < -0.3 is 24.0 Å². The Balaban J connectivity index is 0.00000293. The van der Waals surface area contributed by atoms with Crippen LogP contribution in [0.1, 0.15) is 101 Å². The first-order valence-electron chi connectivity index (χ1n) is 19.6. The molecule has 0 spiro atoms. The van der Waals surface area contributed by atoms with E-state index in [1.807, 2.05) is 53.4 Å². The van der Waals surface area contributed by atoms with Gasteiger partial charge in [0.15, 0.2) is 0 Å². The maximum Gasteiger partial charge on any atom is 2.00 e. The molecule has 0 unspecified atom stereocenters. The average molecular weight is 1140 g/mol. The van der Waals surface area contributed by atoms with Gasteiger partial charge in [-0.05, 0) is 53.3 Å². The zero-order chi connectivity index (χ0) is 39.8. The van der Waals surface area contributed by atoms with E-state index in [-0.39, 0.29) is 54.0 Å². The molecule has 59 heavy (non-hydrogen) atoms. The van der Waals surface area contributed by atoms with Gasteiger partial charge in [-0.1, -0.05) is 114 Å². The first kappa shape index (κ1) is 43.6. The fraction of sp³-hybridized carbons (Fsp3) is 0.240. The Bertz CT molecular complexity index is 2560. The second-order valence-corrected chi connectivity index (χ2v) is 15.7. The largest absolute Gasteiger partial charge is 2.00 e. The number of rotatable bonds is 11. The summed E-state index contributed by atoms with van der Waals surface area (Å²) < 4.78 is 15.1. The van der Waals surface area contributed by atoms with Crippen molar-refractivity contribution in [2.24, 2.45) is 0 Å². The van der Waals surface area contributed by atoms with Crippen LogP contribution in [-0.2, 0) is 42.1 Å². The van der Waals surface area contributed by atoms with Crippen LogP contribution in [0, 0.1) is 24.3 Å². The maximum atomic E-state index is 6.57. The molecule has 0 aliphatic carbocycles. The molecule has 0 amide bonds. The molecule has 0 atom stereocenters. The molecular weight excluding hydrogens is 1090 g/mol. The van der Waals surface area contributed by atoms with E-state index in [9.17, 15) is 0 Å². The summed E-state index contributed by atoms with van der Waals surface area (Å²) in [4.78, 5) is 18.7. The molecule has 4 aromatic heterocycles. The third-order valence-electron chi connectivity index (χ3n) is 10.2. The quantitative estimate of drug-likeness (QED) is 0.120. The Morgan fingerprint density at radius 1 is 0.441 bits per heavy atom. The minimum absolute atomic E-state index is 0. The Morgan fingerprint density at radius 3 is 1.27 bits per heavy atom. The number of hydrogen-bond acceptors (Lipinski definition) is 6. The zero-order valence-electron chi connectivity index (χ0n) is 34.3. The molecule has 0 aliphatic heterocycles. The third-order valence-corrected chi connectivity index (χ3v) is 10.2. The molecular formula is C50H45N5O2Pt2. The van der Waals surface area contributed by atoms with E-state index in [0.717, 1.165) is 55.4 Å². The zero-order valence-corrected chi connectivity index (χ0v) is 38.9. The molecule has 4 aromatic carbocycles. The molecule has 0 aliphatic rings. The number of aromatic nitrogens is 5. The molecule has 0 fully saturated rings. The summed E-state index contributed by atoms with van der Waals surface area (Å²) in [6.07, 6.45) is 7.19. The third kappa shape index (κ3) is 9.43. The van der Waals surface area contributed by atoms with Crippen molar-refractivity contribution in [1.82, 2.24) is 24.5 Å². The Kier molecular flexibility index (Phi) is 13.7. The minimum Gasteiger partial charge on any atom is -0.503 e. The number of ether oxygens (including phenoxy) is 2. The second kappa shape index (κ2) is 18.5. The van der Waals surface area contributed by atoms with Gasteiger partial charge in [-0.15, -0.1) is 58.7 Å². The summed E-state index contributed by atoms with van der Waals surface area (Å²) in [5, 5.41) is 1.91. The summed E-state index contributed by atoms with van der Waals surface area (Å²) in [7, 11) is 0. The molecule has 9 heteroatoms. The SMILES string of the molecule is CC(C)c1cc(Oc2[c-]c3c(cc2)c2ccc(Oc4[c-]c(-c5cc(C(C)C)ccn5)cc(C(C)C)c4)[c-]c2n3-c2ncccn2)[c-]c(-c2cc(C(C)C)ccn2)c1.[Pt+2].[Pt+2]. The molecule has 302 valence electrons. The van der Waals surface area contributed by atoms with E-state index in [0.29, 0.717) is 40.8 Å². The molecule has 0 saturated carbocycles. The predicted octanol–water partition coefficient (Wildman–Crippen LogP) is 13.0. The van der Waals surface area contributed by atoms with Gasteiger partial charge in [0.1, 0.15) is 0 Å². The van der Waals surface area contributed by atoms with Crippen molar-refractivity contribution in [3.05, 3.63) is 150 Å². The van der Waals surface area contributed by atoms with Crippen molar-refractivity contribution in [1.29, 1.82) is 0 Å². The predicted molar refractivity (Wildman–Crippen MR) is 228 cm³/mol. The standard InChI is InChI=1S/C50H45N5O2.2Pt/c1-30(2)34-14-18-51-46(26-34)38-20-36(32(5)6)22-42(24-38)56-40-10-12-44-45-13-11-41(29-49(45)55(48(44)28-40)50-53-16-9-17-54-50)57-43-23-37(33(7)8)21-39(25-43)47-27-35(31(3)4)15-19-52-47;;/h9-23,26-27,30-33H,1-8H3;;/q-4;2*+2. The van der Waals surface area contributed by atoms with Crippen LogP contribution in [0.5, 0.6) is 23.0 Å². The molecule has 7 nitrogen and oxygen atoms in total. The Morgan fingerprint density at radius 2 is 0.864 bits per heavy atom. The van der Waals surface area contributed by atoms with Crippen LogP contribution in [0.2, 0.25) is 0 Å². The molecule has 0 radical (unpaired) electrons. The van der Waals surface area contributed by atoms with Gasteiger partial charge in [0.25, 0.3) is 0 Å². The van der Waals surface area contributed by atoms with Crippen LogP contribution in [0.15, 0.2) is 104 Å². The molecule has 8 rings (SSSR count). The average Bonchev–Trinajstić information content (AvgIpc) is 3.53. The van der Waals surface area contributed by atoms with Crippen LogP contribution < -0.4 is 9.47 Å². The smallest absolute Gasteiger partial charge is 0.503 e. The Hall–Kier alpha value is -4.96. The van der Waals surface area contributed by atoms with Crippen LogP contribution >= 0.6 is 0 Å². The van der Waals surface area contributed by atoms with E-state index in [2.05, 4.69) is 126 Å². The van der Waals surface area contributed by atoms with E-state index in [1.165, 1.54) is 11.1 Å². The number of nitrogens with zero attached hydrogens (tertiary/aromatic N) is 5. The first-order chi connectivity index (χ1) is 27.5. The topological polar surface area (TPSA) is 75.0 Å². The fourth-order valence-electron chi connectivity index (χ4n) is 6.88. The monoisotopic (exact) mass is 1140 g/mol.